The molecule has 0 radical (unpaired) electrons. The smallest absolute Gasteiger partial charge is 0.205 e. The van der Waals surface area contributed by atoms with E-state index in [1.807, 2.05) is 17.8 Å². The Hall–Kier alpha value is -1.70. The van der Waals surface area contributed by atoms with E-state index in [-0.39, 0.29) is 0 Å². The summed E-state index contributed by atoms with van der Waals surface area (Å²) >= 11 is 3.43. The second-order valence-corrected chi connectivity index (χ2v) is 5.31. The standard InChI is InChI=1S/C12H15N5S2/c1-2-3-4-15-12(17-10-13)16-5-7-18-9-11-14-6-8-19-11/h6,8H,4-5,7,9H2,1H3,(H2,15,16,17). The van der Waals surface area contributed by atoms with Crippen molar-refractivity contribution in [3.63, 3.8) is 0 Å². The molecule has 1 aromatic rings. The first-order chi connectivity index (χ1) is 9.36. The molecule has 0 unspecified atom stereocenters. The van der Waals surface area contributed by atoms with Crippen LogP contribution in [-0.2, 0) is 5.75 Å². The van der Waals surface area contributed by atoms with Gasteiger partial charge in [0.1, 0.15) is 5.01 Å². The van der Waals surface area contributed by atoms with E-state index in [0.717, 1.165) is 16.5 Å². The summed E-state index contributed by atoms with van der Waals surface area (Å²) in [7, 11) is 0. The molecule has 1 rings (SSSR count). The van der Waals surface area contributed by atoms with E-state index in [1.54, 1.807) is 30.0 Å². The van der Waals surface area contributed by atoms with Gasteiger partial charge in [-0.05, 0) is 6.92 Å². The first kappa shape index (κ1) is 15.4. The number of hydrogen-bond donors (Lipinski definition) is 2. The fourth-order valence-electron chi connectivity index (χ4n) is 1.11. The monoisotopic (exact) mass is 293 g/mol. The van der Waals surface area contributed by atoms with E-state index >= 15 is 0 Å². The molecule has 0 spiro atoms. The number of hydrogen-bond acceptors (Lipinski definition) is 5. The lowest BCUT2D eigenvalue weighted by atomic mass is 10.6. The van der Waals surface area contributed by atoms with Crippen molar-refractivity contribution in [2.75, 3.05) is 18.8 Å². The van der Waals surface area contributed by atoms with Gasteiger partial charge in [-0.2, -0.15) is 17.0 Å². The zero-order valence-electron chi connectivity index (χ0n) is 10.6. The van der Waals surface area contributed by atoms with Crippen molar-refractivity contribution < 1.29 is 0 Å². The molecule has 1 heterocycles. The minimum atomic E-state index is 0.472. The molecule has 0 aliphatic heterocycles. The lowest BCUT2D eigenvalue weighted by molar-refractivity contribution is 0.967. The predicted molar refractivity (Wildman–Crippen MR) is 80.8 cm³/mol. The van der Waals surface area contributed by atoms with Gasteiger partial charge in [0.05, 0.1) is 13.1 Å². The Balaban J connectivity index is 2.22. The SMILES string of the molecule is CC#CCN/C(=N/CCSCc1nccs1)NC#N. The van der Waals surface area contributed by atoms with Gasteiger partial charge in [0, 0.05) is 23.1 Å². The highest BCUT2D eigenvalue weighted by molar-refractivity contribution is 7.98. The van der Waals surface area contributed by atoms with E-state index in [1.165, 1.54) is 0 Å². The molecular weight excluding hydrogens is 278 g/mol. The van der Waals surface area contributed by atoms with Crippen LogP contribution < -0.4 is 10.6 Å². The lowest BCUT2D eigenvalue weighted by Gasteiger charge is -2.04. The molecule has 100 valence electrons. The first-order valence-electron chi connectivity index (χ1n) is 5.66. The van der Waals surface area contributed by atoms with Crippen molar-refractivity contribution in [1.82, 2.24) is 15.6 Å². The highest BCUT2D eigenvalue weighted by Gasteiger charge is 1.97. The second kappa shape index (κ2) is 10.2. The normalized spacial score (nSPS) is 10.2. The van der Waals surface area contributed by atoms with Crippen LogP contribution in [0.4, 0.5) is 0 Å². The quantitative estimate of drug-likeness (QED) is 0.207. The third-order valence-electron chi connectivity index (χ3n) is 1.91. The maximum atomic E-state index is 8.59. The van der Waals surface area contributed by atoms with Crippen LogP contribution in [0.5, 0.6) is 0 Å². The van der Waals surface area contributed by atoms with Gasteiger partial charge < -0.3 is 5.32 Å². The molecule has 0 atom stereocenters. The van der Waals surface area contributed by atoms with Crippen LogP contribution >= 0.6 is 23.1 Å². The Morgan fingerprint density at radius 3 is 3.21 bits per heavy atom. The fourth-order valence-corrected chi connectivity index (χ4v) is 2.65. The summed E-state index contributed by atoms with van der Waals surface area (Å²) in [6.07, 6.45) is 3.66. The fraction of sp³-hybridized carbons (Fsp3) is 0.417. The number of rotatable bonds is 6. The zero-order chi connectivity index (χ0) is 13.8. The molecule has 0 aliphatic carbocycles. The minimum Gasteiger partial charge on any atom is -0.345 e. The van der Waals surface area contributed by atoms with E-state index in [9.17, 15) is 0 Å². The lowest BCUT2D eigenvalue weighted by Crippen LogP contribution is -2.35. The molecule has 0 amide bonds. The Labute approximate surface area is 121 Å². The highest BCUT2D eigenvalue weighted by Crippen LogP contribution is 2.13. The molecule has 1 aromatic heterocycles. The predicted octanol–water partition coefficient (Wildman–Crippen LogP) is 1.42. The summed E-state index contributed by atoms with van der Waals surface area (Å²) in [6.45, 7) is 2.90. The summed E-state index contributed by atoms with van der Waals surface area (Å²) < 4.78 is 0. The maximum Gasteiger partial charge on any atom is 0.205 e. The molecular formula is C12H15N5S2. The Kier molecular flexibility index (Phi) is 8.28. The van der Waals surface area contributed by atoms with Crippen LogP contribution in [0.3, 0.4) is 0 Å². The molecule has 7 heteroatoms. The second-order valence-electron chi connectivity index (χ2n) is 3.23. The number of nitrogens with zero attached hydrogens (tertiary/aromatic N) is 3. The molecule has 0 aromatic carbocycles. The number of nitrogens with one attached hydrogen (secondary N) is 2. The summed E-state index contributed by atoms with van der Waals surface area (Å²) in [5.74, 6) is 7.89. The van der Waals surface area contributed by atoms with Crippen molar-refractivity contribution >= 4 is 29.1 Å². The van der Waals surface area contributed by atoms with Crippen LogP contribution in [-0.4, -0.2) is 29.8 Å². The molecule has 0 saturated carbocycles. The third-order valence-corrected chi connectivity index (χ3v) is 3.82. The number of nitriles is 1. The van der Waals surface area contributed by atoms with Crippen LogP contribution in [0.1, 0.15) is 11.9 Å². The van der Waals surface area contributed by atoms with Gasteiger partial charge in [-0.25, -0.2) is 4.98 Å². The maximum absolute atomic E-state index is 8.59. The van der Waals surface area contributed by atoms with Gasteiger partial charge in [0.2, 0.25) is 5.96 Å². The van der Waals surface area contributed by atoms with Gasteiger partial charge in [-0.15, -0.1) is 17.3 Å². The van der Waals surface area contributed by atoms with Crippen molar-refractivity contribution in [2.45, 2.75) is 12.7 Å². The molecule has 0 bridgehead atoms. The van der Waals surface area contributed by atoms with E-state index in [0.29, 0.717) is 19.0 Å². The van der Waals surface area contributed by atoms with E-state index in [2.05, 4.69) is 32.5 Å². The van der Waals surface area contributed by atoms with Crippen molar-refractivity contribution in [3.05, 3.63) is 16.6 Å². The first-order valence-corrected chi connectivity index (χ1v) is 7.69. The summed E-state index contributed by atoms with van der Waals surface area (Å²) in [6, 6.07) is 0. The number of guanidine groups is 1. The van der Waals surface area contributed by atoms with Gasteiger partial charge in [0.15, 0.2) is 6.19 Å². The summed E-state index contributed by atoms with van der Waals surface area (Å²) in [5.41, 5.74) is 0. The van der Waals surface area contributed by atoms with Gasteiger partial charge >= 0.3 is 0 Å². The Bertz CT molecular complexity index is 478. The number of thioether (sulfide) groups is 1. The molecule has 0 fully saturated rings. The highest BCUT2D eigenvalue weighted by atomic mass is 32.2. The zero-order valence-corrected chi connectivity index (χ0v) is 12.3. The van der Waals surface area contributed by atoms with E-state index in [4.69, 9.17) is 5.26 Å². The van der Waals surface area contributed by atoms with Crippen molar-refractivity contribution in [2.24, 2.45) is 4.99 Å². The average Bonchev–Trinajstić information content (AvgIpc) is 2.91. The largest absolute Gasteiger partial charge is 0.345 e. The molecule has 0 saturated heterocycles. The third kappa shape index (κ3) is 7.35. The summed E-state index contributed by atoms with van der Waals surface area (Å²) in [5, 5.41) is 17.1. The average molecular weight is 293 g/mol. The number of aromatic nitrogens is 1. The van der Waals surface area contributed by atoms with Gasteiger partial charge in [-0.1, -0.05) is 5.92 Å². The van der Waals surface area contributed by atoms with Gasteiger partial charge in [-0.3, -0.25) is 10.3 Å². The van der Waals surface area contributed by atoms with Crippen LogP contribution in [0.25, 0.3) is 0 Å². The molecule has 5 nitrogen and oxygen atoms in total. The Morgan fingerprint density at radius 2 is 2.53 bits per heavy atom. The number of thiazole rings is 1. The van der Waals surface area contributed by atoms with E-state index < -0.39 is 0 Å². The van der Waals surface area contributed by atoms with Crippen LogP contribution in [0.2, 0.25) is 0 Å². The van der Waals surface area contributed by atoms with Crippen LogP contribution in [0, 0.1) is 23.3 Å². The van der Waals surface area contributed by atoms with Crippen LogP contribution in [0.15, 0.2) is 16.6 Å². The van der Waals surface area contributed by atoms with Crippen molar-refractivity contribution in [3.8, 4) is 18.0 Å². The summed E-state index contributed by atoms with van der Waals surface area (Å²) in [4.78, 5) is 8.48. The molecule has 19 heavy (non-hydrogen) atoms. The minimum absolute atomic E-state index is 0.472. The number of aliphatic imine (C=N–C) groups is 1. The topological polar surface area (TPSA) is 73.1 Å². The molecule has 0 aliphatic rings. The van der Waals surface area contributed by atoms with Crippen molar-refractivity contribution in [1.29, 1.82) is 5.26 Å². The van der Waals surface area contributed by atoms with Gasteiger partial charge in [0.25, 0.3) is 0 Å². The molecule has 2 N–H and O–H groups in total. The Morgan fingerprint density at radius 1 is 1.63 bits per heavy atom.